The smallest absolute Gasteiger partial charge is 0.261 e. The number of carbonyl (C=O) groups is 2. The summed E-state index contributed by atoms with van der Waals surface area (Å²) in [6, 6.07) is 12.9. The largest absolute Gasteiger partial charge is 0.483 e. The van der Waals surface area contributed by atoms with Gasteiger partial charge in [0.15, 0.2) is 6.61 Å². The Kier molecular flexibility index (Phi) is 8.60. The van der Waals surface area contributed by atoms with Gasteiger partial charge in [0, 0.05) is 13.1 Å². The molecular formula is C25H33FN2O3. The van der Waals surface area contributed by atoms with Crippen LogP contribution in [0.4, 0.5) is 4.39 Å². The molecule has 6 heteroatoms. The Morgan fingerprint density at radius 1 is 1.10 bits per heavy atom. The van der Waals surface area contributed by atoms with Crippen LogP contribution in [0.25, 0.3) is 0 Å². The van der Waals surface area contributed by atoms with Crippen molar-refractivity contribution in [3.63, 3.8) is 0 Å². The zero-order chi connectivity index (χ0) is 23.0. The fourth-order valence-corrected chi connectivity index (χ4v) is 3.20. The van der Waals surface area contributed by atoms with Gasteiger partial charge in [-0.3, -0.25) is 9.59 Å². The third kappa shape index (κ3) is 7.09. The zero-order valence-electron chi connectivity index (χ0n) is 19.1. The van der Waals surface area contributed by atoms with E-state index in [1.807, 2.05) is 31.2 Å². The van der Waals surface area contributed by atoms with Crippen molar-refractivity contribution < 1.29 is 18.7 Å². The highest BCUT2D eigenvalue weighted by Crippen LogP contribution is 2.31. The quantitative estimate of drug-likeness (QED) is 0.642. The Morgan fingerprint density at radius 3 is 2.35 bits per heavy atom. The molecule has 2 amide bonds. The molecule has 31 heavy (non-hydrogen) atoms. The number of benzene rings is 2. The Morgan fingerprint density at radius 2 is 1.74 bits per heavy atom. The van der Waals surface area contributed by atoms with Crippen molar-refractivity contribution in [1.29, 1.82) is 0 Å². The molecular weight excluding hydrogens is 395 g/mol. The Labute approximate surface area is 184 Å². The molecule has 1 N–H and O–H groups in total. The monoisotopic (exact) mass is 428 g/mol. The highest BCUT2D eigenvalue weighted by molar-refractivity contribution is 5.88. The molecule has 2 rings (SSSR count). The molecule has 0 aliphatic rings. The normalized spacial score (nSPS) is 12.2. The van der Waals surface area contributed by atoms with Gasteiger partial charge < -0.3 is 15.0 Å². The number of nitrogens with one attached hydrogen (secondary N) is 1. The third-order valence-electron chi connectivity index (χ3n) is 5.03. The van der Waals surface area contributed by atoms with Crippen LogP contribution in [0.5, 0.6) is 5.75 Å². The molecule has 1 unspecified atom stereocenters. The van der Waals surface area contributed by atoms with Crippen molar-refractivity contribution in [3.05, 3.63) is 65.5 Å². The van der Waals surface area contributed by atoms with E-state index in [2.05, 4.69) is 26.1 Å². The summed E-state index contributed by atoms with van der Waals surface area (Å²) in [6.07, 6.45) is 0.803. The molecule has 0 radical (unpaired) electrons. The van der Waals surface area contributed by atoms with Crippen LogP contribution in [-0.2, 0) is 21.5 Å². The highest BCUT2D eigenvalue weighted by atomic mass is 19.1. The number of nitrogens with zero attached hydrogens (tertiary/aromatic N) is 1. The van der Waals surface area contributed by atoms with Crippen LogP contribution in [0.15, 0.2) is 48.5 Å². The van der Waals surface area contributed by atoms with Crippen LogP contribution < -0.4 is 10.1 Å². The van der Waals surface area contributed by atoms with E-state index in [4.69, 9.17) is 4.74 Å². The molecule has 0 spiro atoms. The number of hydrogen-bond donors (Lipinski definition) is 1. The number of rotatable bonds is 9. The number of para-hydroxylation sites is 1. The van der Waals surface area contributed by atoms with E-state index in [1.54, 1.807) is 19.1 Å². The van der Waals surface area contributed by atoms with Crippen LogP contribution in [-0.4, -0.2) is 35.9 Å². The van der Waals surface area contributed by atoms with Gasteiger partial charge >= 0.3 is 0 Å². The fraction of sp³-hybridized carbons (Fsp3) is 0.440. The molecule has 2 aromatic carbocycles. The molecule has 0 fully saturated rings. The first-order chi connectivity index (χ1) is 14.6. The van der Waals surface area contributed by atoms with Crippen LogP contribution in [0, 0.1) is 5.82 Å². The molecule has 0 aliphatic heterocycles. The van der Waals surface area contributed by atoms with Gasteiger partial charge in [0.2, 0.25) is 5.91 Å². The van der Waals surface area contributed by atoms with Crippen molar-refractivity contribution in [2.75, 3.05) is 13.2 Å². The molecule has 1 atom stereocenters. The molecule has 0 heterocycles. The summed E-state index contributed by atoms with van der Waals surface area (Å²) in [7, 11) is 0. The SMILES string of the molecule is CCCNC(=O)C(C)N(Cc1ccc(F)cc1)C(=O)COc1ccccc1C(C)(C)C. The van der Waals surface area contributed by atoms with Crippen molar-refractivity contribution in [2.24, 2.45) is 0 Å². The van der Waals surface area contributed by atoms with Gasteiger partial charge in [0.25, 0.3) is 5.91 Å². The first kappa shape index (κ1) is 24.4. The van der Waals surface area contributed by atoms with Crippen molar-refractivity contribution in [1.82, 2.24) is 10.2 Å². The molecule has 0 saturated carbocycles. The summed E-state index contributed by atoms with van der Waals surface area (Å²) in [5.41, 5.74) is 1.60. The van der Waals surface area contributed by atoms with Crippen molar-refractivity contribution in [3.8, 4) is 5.75 Å². The lowest BCUT2D eigenvalue weighted by molar-refractivity contribution is -0.142. The number of hydrogen-bond acceptors (Lipinski definition) is 3. The molecule has 0 bridgehead atoms. The number of halogens is 1. The van der Waals surface area contributed by atoms with E-state index < -0.39 is 6.04 Å². The summed E-state index contributed by atoms with van der Waals surface area (Å²) >= 11 is 0. The van der Waals surface area contributed by atoms with Gasteiger partial charge in [-0.25, -0.2) is 4.39 Å². The lowest BCUT2D eigenvalue weighted by atomic mass is 9.86. The van der Waals surface area contributed by atoms with E-state index >= 15 is 0 Å². The maximum Gasteiger partial charge on any atom is 0.261 e. The van der Waals surface area contributed by atoms with E-state index in [9.17, 15) is 14.0 Å². The summed E-state index contributed by atoms with van der Waals surface area (Å²) in [4.78, 5) is 27.1. The van der Waals surface area contributed by atoms with E-state index in [-0.39, 0.29) is 36.2 Å². The molecule has 168 valence electrons. The Hall–Kier alpha value is -2.89. The van der Waals surface area contributed by atoms with Gasteiger partial charge in [-0.2, -0.15) is 0 Å². The fourth-order valence-electron chi connectivity index (χ4n) is 3.20. The molecule has 5 nitrogen and oxygen atoms in total. The first-order valence-corrected chi connectivity index (χ1v) is 10.7. The van der Waals surface area contributed by atoms with Crippen molar-refractivity contribution in [2.45, 2.75) is 59.0 Å². The van der Waals surface area contributed by atoms with Gasteiger partial charge in [-0.05, 0) is 48.1 Å². The van der Waals surface area contributed by atoms with Gasteiger partial charge in [0.05, 0.1) is 0 Å². The van der Waals surface area contributed by atoms with Crippen LogP contribution >= 0.6 is 0 Å². The second-order valence-electron chi connectivity index (χ2n) is 8.65. The average molecular weight is 429 g/mol. The summed E-state index contributed by atoms with van der Waals surface area (Å²) in [5.74, 6) is -0.245. The predicted octanol–water partition coefficient (Wildman–Crippen LogP) is 4.45. The summed E-state index contributed by atoms with van der Waals surface area (Å²) in [6.45, 7) is 10.4. The predicted molar refractivity (Wildman–Crippen MR) is 120 cm³/mol. The second kappa shape index (κ2) is 10.9. The van der Waals surface area contributed by atoms with E-state index in [0.29, 0.717) is 12.3 Å². The van der Waals surface area contributed by atoms with Crippen LogP contribution in [0.1, 0.15) is 52.2 Å². The number of amides is 2. The minimum atomic E-state index is -0.689. The van der Waals surface area contributed by atoms with Crippen LogP contribution in [0.2, 0.25) is 0 Å². The van der Waals surface area contributed by atoms with Gasteiger partial charge in [-0.15, -0.1) is 0 Å². The topological polar surface area (TPSA) is 58.6 Å². The second-order valence-corrected chi connectivity index (χ2v) is 8.65. The minimum absolute atomic E-state index is 0.138. The molecule has 0 saturated heterocycles. The maximum atomic E-state index is 13.3. The standard InChI is InChI=1S/C25H33FN2O3/c1-6-15-27-24(30)18(2)28(16-19-11-13-20(26)14-12-19)23(29)17-31-22-10-8-7-9-21(22)25(3,4)5/h7-14,18H,6,15-17H2,1-5H3,(H,27,30). The van der Waals surface area contributed by atoms with Gasteiger partial charge in [-0.1, -0.05) is 58.0 Å². The average Bonchev–Trinajstić information content (AvgIpc) is 2.74. The first-order valence-electron chi connectivity index (χ1n) is 10.7. The lowest BCUT2D eigenvalue weighted by Gasteiger charge is -2.29. The van der Waals surface area contributed by atoms with E-state index in [0.717, 1.165) is 17.5 Å². The summed E-state index contributed by atoms with van der Waals surface area (Å²) in [5, 5.41) is 2.83. The van der Waals surface area contributed by atoms with E-state index in [1.165, 1.54) is 17.0 Å². The molecule has 0 aromatic heterocycles. The zero-order valence-corrected chi connectivity index (χ0v) is 19.1. The van der Waals surface area contributed by atoms with Gasteiger partial charge in [0.1, 0.15) is 17.6 Å². The summed E-state index contributed by atoms with van der Waals surface area (Å²) < 4.78 is 19.2. The number of ether oxygens (including phenoxy) is 1. The molecule has 0 aliphatic carbocycles. The Bertz CT molecular complexity index is 875. The molecule has 2 aromatic rings. The number of carbonyl (C=O) groups excluding carboxylic acids is 2. The highest BCUT2D eigenvalue weighted by Gasteiger charge is 2.27. The Balaban J connectivity index is 2.19. The minimum Gasteiger partial charge on any atom is -0.483 e. The van der Waals surface area contributed by atoms with Crippen molar-refractivity contribution >= 4 is 11.8 Å². The lowest BCUT2D eigenvalue weighted by Crippen LogP contribution is -2.49. The third-order valence-corrected chi connectivity index (χ3v) is 5.03. The van der Waals surface area contributed by atoms with Crippen LogP contribution in [0.3, 0.4) is 0 Å². The maximum absolute atomic E-state index is 13.3.